The van der Waals surface area contributed by atoms with Gasteiger partial charge in [-0.1, -0.05) is 64.5 Å². The molecule has 0 atom stereocenters. The summed E-state index contributed by atoms with van der Waals surface area (Å²) >= 11 is 5.64. The van der Waals surface area contributed by atoms with E-state index in [0.29, 0.717) is 0 Å². The predicted octanol–water partition coefficient (Wildman–Crippen LogP) is 7.12. The standard InChI is InChI=1S/C20H11BrS/c21-18-11-17-16-9-12-5-1-2-6-13(12)10-19(16)22-20(17)15-8-4-3-7-14(15)18/h1-11H. The largest absolute Gasteiger partial charge is 0.135 e. The van der Waals surface area contributed by atoms with Crippen LogP contribution in [0.3, 0.4) is 0 Å². The maximum Gasteiger partial charge on any atom is 0.0434 e. The third kappa shape index (κ3) is 1.68. The average Bonchev–Trinajstić information content (AvgIpc) is 2.91. The summed E-state index contributed by atoms with van der Waals surface area (Å²) in [6.07, 6.45) is 0. The molecule has 0 nitrogen and oxygen atoms in total. The monoisotopic (exact) mass is 362 g/mol. The number of thiophene rings is 1. The molecule has 104 valence electrons. The molecule has 5 aromatic rings. The first-order valence-corrected chi connectivity index (χ1v) is 8.84. The van der Waals surface area contributed by atoms with Crippen LogP contribution >= 0.6 is 27.3 Å². The summed E-state index contributed by atoms with van der Waals surface area (Å²) in [5, 5.41) is 7.92. The van der Waals surface area contributed by atoms with Gasteiger partial charge in [-0.15, -0.1) is 11.3 Å². The molecule has 0 aliphatic rings. The molecule has 4 aromatic carbocycles. The summed E-state index contributed by atoms with van der Waals surface area (Å²) in [5.74, 6) is 0. The fourth-order valence-electron chi connectivity index (χ4n) is 3.24. The van der Waals surface area contributed by atoms with Gasteiger partial charge in [0.2, 0.25) is 0 Å². The van der Waals surface area contributed by atoms with Crippen LogP contribution < -0.4 is 0 Å². The van der Waals surface area contributed by atoms with Crippen LogP contribution in [0.1, 0.15) is 0 Å². The van der Waals surface area contributed by atoms with Crippen molar-refractivity contribution in [1.29, 1.82) is 0 Å². The van der Waals surface area contributed by atoms with E-state index in [1.807, 2.05) is 11.3 Å². The molecule has 0 saturated carbocycles. The maximum absolute atomic E-state index is 3.74. The van der Waals surface area contributed by atoms with Crippen molar-refractivity contribution >= 4 is 69.0 Å². The highest BCUT2D eigenvalue weighted by Crippen LogP contribution is 2.42. The average molecular weight is 363 g/mol. The molecule has 0 aliphatic heterocycles. The Balaban J connectivity index is 2.06. The lowest BCUT2D eigenvalue weighted by atomic mass is 10.0. The molecule has 2 heteroatoms. The zero-order valence-electron chi connectivity index (χ0n) is 11.6. The van der Waals surface area contributed by atoms with E-state index in [4.69, 9.17) is 0 Å². The lowest BCUT2D eigenvalue weighted by Gasteiger charge is -2.02. The Morgan fingerprint density at radius 1 is 0.636 bits per heavy atom. The second-order valence-electron chi connectivity index (χ2n) is 5.58. The summed E-state index contributed by atoms with van der Waals surface area (Å²) in [5.41, 5.74) is 0. The minimum atomic E-state index is 1.17. The van der Waals surface area contributed by atoms with Crippen molar-refractivity contribution in [3.63, 3.8) is 0 Å². The number of rotatable bonds is 0. The Hall–Kier alpha value is -1.90. The number of hydrogen-bond donors (Lipinski definition) is 0. The van der Waals surface area contributed by atoms with Crippen LogP contribution in [0.5, 0.6) is 0 Å². The summed E-state index contributed by atoms with van der Waals surface area (Å²) in [4.78, 5) is 0. The molecule has 5 rings (SSSR count). The molecule has 0 saturated heterocycles. The Morgan fingerprint density at radius 3 is 2.14 bits per heavy atom. The predicted molar refractivity (Wildman–Crippen MR) is 102 cm³/mol. The van der Waals surface area contributed by atoms with Crippen LogP contribution in [-0.2, 0) is 0 Å². The second-order valence-corrected chi connectivity index (χ2v) is 7.48. The summed E-state index contributed by atoms with van der Waals surface area (Å²) in [7, 11) is 0. The van der Waals surface area contributed by atoms with Crippen LogP contribution in [0, 0.1) is 0 Å². The number of hydrogen-bond acceptors (Lipinski definition) is 1. The van der Waals surface area contributed by atoms with Crippen LogP contribution in [0.2, 0.25) is 0 Å². The van der Waals surface area contributed by atoms with Crippen LogP contribution in [0.15, 0.2) is 71.2 Å². The first kappa shape index (κ1) is 12.6. The lowest BCUT2D eigenvalue weighted by Crippen LogP contribution is -1.76. The van der Waals surface area contributed by atoms with Crippen molar-refractivity contribution in [3.8, 4) is 0 Å². The number of halogens is 1. The normalized spacial score (nSPS) is 11.9. The molecule has 22 heavy (non-hydrogen) atoms. The van der Waals surface area contributed by atoms with Gasteiger partial charge in [-0.25, -0.2) is 0 Å². The van der Waals surface area contributed by atoms with Crippen molar-refractivity contribution in [3.05, 3.63) is 71.2 Å². The molecule has 0 radical (unpaired) electrons. The second kappa shape index (κ2) is 4.55. The van der Waals surface area contributed by atoms with E-state index in [2.05, 4.69) is 82.7 Å². The summed E-state index contributed by atoms with van der Waals surface area (Å²) in [6.45, 7) is 0. The van der Waals surface area contributed by atoms with Gasteiger partial charge in [-0.3, -0.25) is 0 Å². The van der Waals surface area contributed by atoms with Gasteiger partial charge < -0.3 is 0 Å². The molecule has 0 N–H and O–H groups in total. The topological polar surface area (TPSA) is 0 Å². The quantitative estimate of drug-likeness (QED) is 0.275. The van der Waals surface area contributed by atoms with Crippen LogP contribution in [0.4, 0.5) is 0 Å². The minimum Gasteiger partial charge on any atom is -0.135 e. The molecule has 1 heterocycles. The van der Waals surface area contributed by atoms with E-state index in [1.54, 1.807) is 0 Å². The van der Waals surface area contributed by atoms with Gasteiger partial charge >= 0.3 is 0 Å². The lowest BCUT2D eigenvalue weighted by molar-refractivity contribution is 1.78. The molecule has 0 fully saturated rings. The highest BCUT2D eigenvalue weighted by atomic mass is 79.9. The first-order chi connectivity index (χ1) is 10.8. The van der Waals surface area contributed by atoms with E-state index in [1.165, 1.54) is 46.2 Å². The van der Waals surface area contributed by atoms with Gasteiger partial charge in [-0.05, 0) is 34.4 Å². The van der Waals surface area contributed by atoms with Crippen molar-refractivity contribution in [1.82, 2.24) is 0 Å². The fourth-order valence-corrected chi connectivity index (χ4v) is 5.06. The van der Waals surface area contributed by atoms with Crippen LogP contribution in [-0.4, -0.2) is 0 Å². The van der Waals surface area contributed by atoms with Crippen molar-refractivity contribution in [2.45, 2.75) is 0 Å². The van der Waals surface area contributed by atoms with E-state index < -0.39 is 0 Å². The van der Waals surface area contributed by atoms with E-state index in [9.17, 15) is 0 Å². The van der Waals surface area contributed by atoms with E-state index in [-0.39, 0.29) is 0 Å². The Labute approximate surface area is 140 Å². The third-order valence-corrected chi connectivity index (χ3v) is 6.15. The van der Waals surface area contributed by atoms with Gasteiger partial charge in [0.25, 0.3) is 0 Å². The molecule has 1 aromatic heterocycles. The van der Waals surface area contributed by atoms with Gasteiger partial charge in [0.15, 0.2) is 0 Å². The van der Waals surface area contributed by atoms with Crippen molar-refractivity contribution in [2.75, 3.05) is 0 Å². The SMILES string of the molecule is Brc1cc2c3cc4ccccc4cc3sc2c2ccccc12. The summed E-state index contributed by atoms with van der Waals surface area (Å²) < 4.78 is 3.91. The number of benzene rings is 4. The smallest absolute Gasteiger partial charge is 0.0434 e. The number of fused-ring (bicyclic) bond motifs is 6. The van der Waals surface area contributed by atoms with Crippen molar-refractivity contribution < 1.29 is 0 Å². The van der Waals surface area contributed by atoms with Crippen LogP contribution in [0.25, 0.3) is 41.7 Å². The molecular formula is C20H11BrS. The van der Waals surface area contributed by atoms with Gasteiger partial charge in [0.1, 0.15) is 0 Å². The maximum atomic E-state index is 3.74. The molecule has 0 unspecified atom stereocenters. The molecule has 0 aliphatic carbocycles. The first-order valence-electron chi connectivity index (χ1n) is 7.23. The molecule has 0 amide bonds. The minimum absolute atomic E-state index is 1.17. The van der Waals surface area contributed by atoms with E-state index in [0.717, 1.165) is 0 Å². The molecular weight excluding hydrogens is 352 g/mol. The van der Waals surface area contributed by atoms with Crippen molar-refractivity contribution in [2.24, 2.45) is 0 Å². The highest BCUT2D eigenvalue weighted by molar-refractivity contribution is 9.10. The van der Waals surface area contributed by atoms with Gasteiger partial charge in [-0.2, -0.15) is 0 Å². The third-order valence-electron chi connectivity index (χ3n) is 4.29. The Bertz CT molecular complexity index is 1180. The van der Waals surface area contributed by atoms with Gasteiger partial charge in [0.05, 0.1) is 0 Å². The Kier molecular flexibility index (Phi) is 2.61. The zero-order chi connectivity index (χ0) is 14.7. The summed E-state index contributed by atoms with van der Waals surface area (Å²) in [6, 6.07) is 24.1. The van der Waals surface area contributed by atoms with E-state index >= 15 is 0 Å². The highest BCUT2D eigenvalue weighted by Gasteiger charge is 2.11. The Morgan fingerprint density at radius 2 is 1.32 bits per heavy atom. The molecule has 0 spiro atoms. The zero-order valence-corrected chi connectivity index (χ0v) is 14.0. The fraction of sp³-hybridized carbons (Fsp3) is 0. The molecule has 0 bridgehead atoms. The van der Waals surface area contributed by atoms with Gasteiger partial charge in [0, 0.05) is 30.0 Å².